The number of aliphatic hydroxyl groups is 1. The third kappa shape index (κ3) is 4.36. The van der Waals surface area contributed by atoms with Crippen molar-refractivity contribution in [3.63, 3.8) is 0 Å². The van der Waals surface area contributed by atoms with Gasteiger partial charge >= 0.3 is 0 Å². The van der Waals surface area contributed by atoms with Crippen LogP contribution in [0.25, 0.3) is 0 Å². The minimum Gasteiger partial charge on any atom is -0.387 e. The predicted molar refractivity (Wildman–Crippen MR) is 93.1 cm³/mol. The number of carbonyl (C=O) groups excluding carboxylic acids is 1. The van der Waals surface area contributed by atoms with E-state index < -0.39 is 17.7 Å². The van der Waals surface area contributed by atoms with E-state index >= 15 is 0 Å². The van der Waals surface area contributed by atoms with Crippen molar-refractivity contribution in [2.24, 2.45) is 0 Å². The smallest absolute Gasteiger partial charge is 0.251 e. The standard InChI is InChI=1S/C19H20F2N2O3/c20-16-6-3-14(11-17(16)21)18(24)12-22-19(25)13-1-4-15(5-2-13)23-7-9-26-10-8-23/h1-6,11,18,24H,7-10,12H2,(H,22,25)/t18-/m0/s1. The van der Waals surface area contributed by atoms with Gasteiger partial charge in [0.05, 0.1) is 19.3 Å². The molecule has 2 N–H and O–H groups in total. The van der Waals surface area contributed by atoms with E-state index in [1.807, 2.05) is 12.1 Å². The molecule has 0 saturated carbocycles. The molecule has 2 aromatic carbocycles. The third-order valence-electron chi connectivity index (χ3n) is 4.29. The number of ether oxygens (including phenoxy) is 1. The fourth-order valence-corrected chi connectivity index (χ4v) is 2.77. The van der Waals surface area contributed by atoms with Gasteiger partial charge in [0.25, 0.3) is 5.91 Å². The van der Waals surface area contributed by atoms with Crippen molar-refractivity contribution < 1.29 is 23.4 Å². The minimum atomic E-state index is -1.12. The lowest BCUT2D eigenvalue weighted by Crippen LogP contribution is -2.36. The predicted octanol–water partition coefficient (Wildman–Crippen LogP) is 2.26. The summed E-state index contributed by atoms with van der Waals surface area (Å²) < 4.78 is 31.5. The number of rotatable bonds is 5. The first-order valence-electron chi connectivity index (χ1n) is 8.38. The number of morpholine rings is 1. The van der Waals surface area contributed by atoms with Crippen LogP contribution < -0.4 is 10.2 Å². The quantitative estimate of drug-likeness (QED) is 0.857. The normalized spacial score (nSPS) is 15.6. The molecule has 0 bridgehead atoms. The van der Waals surface area contributed by atoms with Crippen LogP contribution in [0.2, 0.25) is 0 Å². The molecule has 1 fully saturated rings. The van der Waals surface area contributed by atoms with Gasteiger partial charge in [0.2, 0.25) is 0 Å². The van der Waals surface area contributed by atoms with Crippen LogP contribution in [0, 0.1) is 11.6 Å². The number of nitrogens with one attached hydrogen (secondary N) is 1. The summed E-state index contributed by atoms with van der Waals surface area (Å²) in [5.41, 5.74) is 1.68. The van der Waals surface area contributed by atoms with Gasteiger partial charge in [-0.2, -0.15) is 0 Å². The molecule has 3 rings (SSSR count). The molecule has 0 radical (unpaired) electrons. The van der Waals surface area contributed by atoms with Crippen LogP contribution in [0.1, 0.15) is 22.0 Å². The lowest BCUT2D eigenvalue weighted by atomic mass is 10.1. The van der Waals surface area contributed by atoms with E-state index in [0.29, 0.717) is 18.8 Å². The largest absolute Gasteiger partial charge is 0.387 e. The molecular formula is C19H20F2N2O3. The fraction of sp³-hybridized carbons (Fsp3) is 0.316. The Morgan fingerprint density at radius 1 is 1.12 bits per heavy atom. The number of anilines is 1. The summed E-state index contributed by atoms with van der Waals surface area (Å²) in [5, 5.41) is 12.6. The van der Waals surface area contributed by atoms with Crippen molar-refractivity contribution in [2.75, 3.05) is 37.7 Å². The van der Waals surface area contributed by atoms with Crippen LogP contribution in [0.3, 0.4) is 0 Å². The zero-order chi connectivity index (χ0) is 18.5. The van der Waals surface area contributed by atoms with E-state index in [9.17, 15) is 18.7 Å². The zero-order valence-corrected chi connectivity index (χ0v) is 14.1. The highest BCUT2D eigenvalue weighted by Crippen LogP contribution is 2.18. The first kappa shape index (κ1) is 18.3. The number of hydrogen-bond donors (Lipinski definition) is 2. The molecule has 2 aromatic rings. The molecular weight excluding hydrogens is 342 g/mol. The van der Waals surface area contributed by atoms with Crippen molar-refractivity contribution in [2.45, 2.75) is 6.10 Å². The van der Waals surface area contributed by atoms with Crippen molar-refractivity contribution in [1.82, 2.24) is 5.32 Å². The van der Waals surface area contributed by atoms with E-state index in [4.69, 9.17) is 4.74 Å². The zero-order valence-electron chi connectivity index (χ0n) is 14.1. The van der Waals surface area contributed by atoms with E-state index in [-0.39, 0.29) is 18.0 Å². The number of carbonyl (C=O) groups is 1. The van der Waals surface area contributed by atoms with Gasteiger partial charge in [0, 0.05) is 30.9 Å². The summed E-state index contributed by atoms with van der Waals surface area (Å²) >= 11 is 0. The molecule has 26 heavy (non-hydrogen) atoms. The van der Waals surface area contributed by atoms with Crippen LogP contribution in [0.5, 0.6) is 0 Å². The number of benzene rings is 2. The van der Waals surface area contributed by atoms with Gasteiger partial charge in [-0.05, 0) is 42.0 Å². The first-order chi connectivity index (χ1) is 12.5. The molecule has 0 aliphatic carbocycles. The Labute approximate surface area is 150 Å². The topological polar surface area (TPSA) is 61.8 Å². The number of nitrogens with zero attached hydrogens (tertiary/aromatic N) is 1. The summed E-state index contributed by atoms with van der Waals surface area (Å²) in [5.74, 6) is -2.36. The minimum absolute atomic E-state index is 0.102. The number of amides is 1. The molecule has 0 unspecified atom stereocenters. The lowest BCUT2D eigenvalue weighted by Gasteiger charge is -2.28. The number of halogens is 2. The SMILES string of the molecule is O=C(NC[C@H](O)c1ccc(F)c(F)c1)c1ccc(N2CCOCC2)cc1. The molecule has 1 heterocycles. The fourth-order valence-electron chi connectivity index (χ4n) is 2.77. The van der Waals surface area contributed by atoms with Gasteiger partial charge in [-0.1, -0.05) is 6.07 Å². The van der Waals surface area contributed by atoms with Crippen molar-refractivity contribution in [3.05, 3.63) is 65.2 Å². The maximum absolute atomic E-state index is 13.2. The second-order valence-electron chi connectivity index (χ2n) is 6.05. The molecule has 138 valence electrons. The summed E-state index contributed by atoms with van der Waals surface area (Å²) in [6.07, 6.45) is -1.12. The third-order valence-corrected chi connectivity index (χ3v) is 4.29. The Morgan fingerprint density at radius 2 is 1.81 bits per heavy atom. The Hall–Kier alpha value is -2.51. The van der Waals surface area contributed by atoms with E-state index in [1.165, 1.54) is 6.07 Å². The maximum atomic E-state index is 13.2. The van der Waals surface area contributed by atoms with Crippen LogP contribution >= 0.6 is 0 Å². The first-order valence-corrected chi connectivity index (χ1v) is 8.38. The van der Waals surface area contributed by atoms with Crippen LogP contribution in [0.15, 0.2) is 42.5 Å². The molecule has 0 aromatic heterocycles. The van der Waals surface area contributed by atoms with Crippen molar-refractivity contribution >= 4 is 11.6 Å². The van der Waals surface area contributed by atoms with Crippen molar-refractivity contribution in [3.8, 4) is 0 Å². The molecule has 1 aliphatic heterocycles. The van der Waals surface area contributed by atoms with Gasteiger partial charge in [-0.25, -0.2) is 8.78 Å². The summed E-state index contributed by atoms with van der Waals surface area (Å²) in [6.45, 7) is 2.89. The number of hydrogen-bond acceptors (Lipinski definition) is 4. The van der Waals surface area contributed by atoms with Crippen LogP contribution in [-0.2, 0) is 4.74 Å². The second-order valence-corrected chi connectivity index (χ2v) is 6.05. The summed E-state index contributed by atoms with van der Waals surface area (Å²) in [6, 6.07) is 10.3. The number of aliphatic hydroxyl groups excluding tert-OH is 1. The molecule has 0 spiro atoms. The molecule has 1 aliphatic rings. The highest BCUT2D eigenvalue weighted by atomic mass is 19.2. The molecule has 1 atom stereocenters. The Morgan fingerprint density at radius 3 is 2.46 bits per heavy atom. The molecule has 5 nitrogen and oxygen atoms in total. The second kappa shape index (κ2) is 8.25. The van der Waals surface area contributed by atoms with Crippen LogP contribution in [0.4, 0.5) is 14.5 Å². The van der Waals surface area contributed by atoms with E-state index in [2.05, 4.69) is 10.2 Å². The van der Waals surface area contributed by atoms with Crippen LogP contribution in [-0.4, -0.2) is 43.9 Å². The highest BCUT2D eigenvalue weighted by molar-refractivity contribution is 5.94. The average molecular weight is 362 g/mol. The Balaban J connectivity index is 1.56. The Bertz CT molecular complexity index is 762. The lowest BCUT2D eigenvalue weighted by molar-refractivity contribution is 0.0916. The maximum Gasteiger partial charge on any atom is 0.251 e. The summed E-state index contributed by atoms with van der Waals surface area (Å²) in [7, 11) is 0. The van der Waals surface area contributed by atoms with Gasteiger partial charge in [0.1, 0.15) is 0 Å². The van der Waals surface area contributed by atoms with E-state index in [1.54, 1.807) is 12.1 Å². The van der Waals surface area contributed by atoms with E-state index in [0.717, 1.165) is 30.9 Å². The average Bonchev–Trinajstić information content (AvgIpc) is 2.68. The van der Waals surface area contributed by atoms with Crippen molar-refractivity contribution in [1.29, 1.82) is 0 Å². The van der Waals surface area contributed by atoms with Gasteiger partial charge in [-0.15, -0.1) is 0 Å². The molecule has 1 saturated heterocycles. The monoisotopic (exact) mass is 362 g/mol. The summed E-state index contributed by atoms with van der Waals surface area (Å²) in [4.78, 5) is 14.4. The molecule has 7 heteroatoms. The van der Waals surface area contributed by atoms with Gasteiger partial charge in [-0.3, -0.25) is 4.79 Å². The van der Waals surface area contributed by atoms with Gasteiger partial charge < -0.3 is 20.1 Å². The highest BCUT2D eigenvalue weighted by Gasteiger charge is 2.14. The van der Waals surface area contributed by atoms with Gasteiger partial charge in [0.15, 0.2) is 11.6 Å². The molecule has 1 amide bonds. The Kier molecular flexibility index (Phi) is 5.80.